The van der Waals surface area contributed by atoms with Crippen LogP contribution in [0.15, 0.2) is 17.6 Å². The van der Waals surface area contributed by atoms with Gasteiger partial charge in [-0.1, -0.05) is 12.1 Å². The van der Waals surface area contributed by atoms with E-state index in [9.17, 15) is 4.79 Å². The lowest BCUT2D eigenvalue weighted by Crippen LogP contribution is -2.26. The topological polar surface area (TPSA) is 97.0 Å². The van der Waals surface area contributed by atoms with Gasteiger partial charge in [-0.15, -0.1) is 16.4 Å². The largest absolute Gasteiger partial charge is 0.476 e. The molecule has 0 radical (unpaired) electrons. The van der Waals surface area contributed by atoms with Crippen LogP contribution in [0.25, 0.3) is 10.2 Å². The van der Waals surface area contributed by atoms with E-state index in [4.69, 9.17) is 10.1 Å². The van der Waals surface area contributed by atoms with Crippen molar-refractivity contribution in [2.75, 3.05) is 18.0 Å². The number of aromatic nitrogens is 5. The third-order valence-corrected chi connectivity index (χ3v) is 5.57. The second-order valence-electron chi connectivity index (χ2n) is 6.42. The van der Waals surface area contributed by atoms with Crippen LogP contribution in [0.2, 0.25) is 0 Å². The molecule has 0 saturated carbocycles. The van der Waals surface area contributed by atoms with Gasteiger partial charge in [0.05, 0.1) is 17.6 Å². The molecule has 3 aromatic rings. The second kappa shape index (κ2) is 6.99. The molecule has 1 aliphatic heterocycles. The summed E-state index contributed by atoms with van der Waals surface area (Å²) in [6, 6.07) is 2.25. The van der Waals surface area contributed by atoms with E-state index in [1.54, 1.807) is 16.0 Å². The fourth-order valence-electron chi connectivity index (χ4n) is 3.39. The Bertz CT molecular complexity index is 936. The molecule has 1 atom stereocenters. The highest BCUT2D eigenvalue weighted by Gasteiger charge is 2.23. The number of carbonyl (C=O) groups is 1. The summed E-state index contributed by atoms with van der Waals surface area (Å²) in [6.45, 7) is 3.84. The zero-order valence-electron chi connectivity index (χ0n) is 14.5. The van der Waals surface area contributed by atoms with Crippen LogP contribution >= 0.6 is 11.3 Å². The summed E-state index contributed by atoms with van der Waals surface area (Å²) >= 11 is 1.65. The Morgan fingerprint density at radius 1 is 1.35 bits per heavy atom. The molecule has 0 amide bonds. The van der Waals surface area contributed by atoms with Gasteiger partial charge in [-0.25, -0.2) is 19.4 Å². The highest BCUT2D eigenvalue weighted by atomic mass is 32.1. The number of aromatic carboxylic acids is 1. The summed E-state index contributed by atoms with van der Waals surface area (Å²) < 4.78 is 1.70. The van der Waals surface area contributed by atoms with Crippen molar-refractivity contribution in [1.29, 1.82) is 0 Å². The van der Waals surface area contributed by atoms with Gasteiger partial charge in [0, 0.05) is 19.5 Å². The van der Waals surface area contributed by atoms with Gasteiger partial charge >= 0.3 is 5.97 Å². The number of hydrogen-bond acceptors (Lipinski definition) is 7. The van der Waals surface area contributed by atoms with Gasteiger partial charge in [0.1, 0.15) is 16.5 Å². The van der Waals surface area contributed by atoms with Crippen molar-refractivity contribution < 1.29 is 9.90 Å². The lowest BCUT2D eigenvalue weighted by Gasteiger charge is -2.23. The van der Waals surface area contributed by atoms with Crippen molar-refractivity contribution in [3.05, 3.63) is 29.2 Å². The number of anilines is 1. The molecule has 1 saturated heterocycles. The molecule has 0 bridgehead atoms. The van der Waals surface area contributed by atoms with Crippen LogP contribution in [-0.4, -0.2) is 49.1 Å². The Labute approximate surface area is 154 Å². The molecule has 1 fully saturated rings. The number of hydrogen-bond donors (Lipinski definition) is 1. The number of aryl methyl sites for hydroxylation is 1. The number of carboxylic acids is 1. The van der Waals surface area contributed by atoms with Crippen molar-refractivity contribution in [1.82, 2.24) is 25.0 Å². The van der Waals surface area contributed by atoms with E-state index in [2.05, 4.69) is 38.6 Å². The Balaban J connectivity index is 1.57. The summed E-state index contributed by atoms with van der Waals surface area (Å²) in [5.74, 6) is 0.844. The first-order valence-electron chi connectivity index (χ1n) is 8.80. The maximum atomic E-state index is 11.0. The zero-order valence-corrected chi connectivity index (χ0v) is 15.3. The monoisotopic (exact) mass is 372 g/mol. The highest BCUT2D eigenvalue weighted by molar-refractivity contribution is 7.16. The third-order valence-electron chi connectivity index (χ3n) is 4.77. The molecule has 0 aliphatic carbocycles. The summed E-state index contributed by atoms with van der Waals surface area (Å²) in [7, 11) is 0. The minimum Gasteiger partial charge on any atom is -0.476 e. The molecule has 136 valence electrons. The Morgan fingerprint density at radius 2 is 2.23 bits per heavy atom. The molecule has 1 unspecified atom stereocenters. The third kappa shape index (κ3) is 3.14. The van der Waals surface area contributed by atoms with Crippen LogP contribution in [0.4, 0.5) is 5.82 Å². The average Bonchev–Trinajstić information content (AvgIpc) is 3.25. The second-order valence-corrected chi connectivity index (χ2v) is 7.31. The number of carboxylic acid groups (broad SMARTS) is 1. The Morgan fingerprint density at radius 3 is 3.00 bits per heavy atom. The number of fused-ring (bicyclic) bond motifs is 1. The maximum absolute atomic E-state index is 11.0. The summed E-state index contributed by atoms with van der Waals surface area (Å²) in [5, 5.41) is 20.0. The molecule has 1 N–H and O–H groups in total. The normalized spacial score (nSPS) is 18.2. The number of rotatable bonds is 4. The minimum absolute atomic E-state index is 0.00512. The van der Waals surface area contributed by atoms with E-state index in [1.165, 1.54) is 6.20 Å². The average molecular weight is 372 g/mol. The van der Waals surface area contributed by atoms with E-state index < -0.39 is 5.97 Å². The first kappa shape index (κ1) is 16.9. The predicted molar refractivity (Wildman–Crippen MR) is 98.9 cm³/mol. The molecule has 0 spiro atoms. The van der Waals surface area contributed by atoms with Gasteiger partial charge in [-0.05, 0) is 30.7 Å². The lowest BCUT2D eigenvalue weighted by molar-refractivity contribution is 0.0690. The molecule has 8 nitrogen and oxygen atoms in total. The van der Waals surface area contributed by atoms with Gasteiger partial charge in [-0.2, -0.15) is 0 Å². The minimum atomic E-state index is -1.04. The maximum Gasteiger partial charge on any atom is 0.358 e. The van der Waals surface area contributed by atoms with Crippen molar-refractivity contribution in [2.24, 2.45) is 0 Å². The molecule has 0 aromatic carbocycles. The zero-order chi connectivity index (χ0) is 18.1. The molecule has 4 rings (SSSR count). The highest BCUT2D eigenvalue weighted by Crippen LogP contribution is 2.31. The summed E-state index contributed by atoms with van der Waals surface area (Å²) in [6.07, 6.45) is 5.15. The smallest absolute Gasteiger partial charge is 0.358 e. The molecule has 3 aromatic heterocycles. The number of nitrogens with zero attached hydrogens (tertiary/aromatic N) is 6. The van der Waals surface area contributed by atoms with E-state index in [-0.39, 0.29) is 11.7 Å². The van der Waals surface area contributed by atoms with Crippen LogP contribution < -0.4 is 4.90 Å². The fraction of sp³-hybridized carbons (Fsp3) is 0.471. The predicted octanol–water partition coefficient (Wildman–Crippen LogP) is 2.78. The quantitative estimate of drug-likeness (QED) is 0.752. The molecule has 4 heterocycles. The fourth-order valence-corrected chi connectivity index (χ4v) is 4.17. The lowest BCUT2D eigenvalue weighted by atomic mass is 10.1. The van der Waals surface area contributed by atoms with Gasteiger partial charge < -0.3 is 10.0 Å². The molecular formula is C17H20N6O2S. The summed E-state index contributed by atoms with van der Waals surface area (Å²) in [4.78, 5) is 23.8. The van der Waals surface area contributed by atoms with Gasteiger partial charge in [-0.3, -0.25) is 0 Å². The summed E-state index contributed by atoms with van der Waals surface area (Å²) in [5.41, 5.74) is -0.00512. The van der Waals surface area contributed by atoms with Crippen molar-refractivity contribution in [3.63, 3.8) is 0 Å². The van der Waals surface area contributed by atoms with Crippen molar-refractivity contribution in [3.8, 4) is 0 Å². The SMILES string of the molecule is CCc1nc(N2CCCC(n3cc(C(=O)O)nn3)CC2)c2ccsc2n1. The van der Waals surface area contributed by atoms with Crippen LogP contribution in [0.3, 0.4) is 0 Å². The van der Waals surface area contributed by atoms with Crippen molar-refractivity contribution >= 4 is 33.3 Å². The van der Waals surface area contributed by atoms with Crippen LogP contribution in [-0.2, 0) is 6.42 Å². The Kier molecular flexibility index (Phi) is 4.54. The molecular weight excluding hydrogens is 352 g/mol. The first-order chi connectivity index (χ1) is 12.7. The molecule has 1 aliphatic rings. The molecule has 26 heavy (non-hydrogen) atoms. The van der Waals surface area contributed by atoms with E-state index in [0.717, 1.165) is 60.6 Å². The van der Waals surface area contributed by atoms with Gasteiger partial charge in [0.2, 0.25) is 0 Å². The van der Waals surface area contributed by atoms with E-state index in [1.807, 2.05) is 0 Å². The van der Waals surface area contributed by atoms with Crippen LogP contribution in [0, 0.1) is 0 Å². The van der Waals surface area contributed by atoms with Crippen LogP contribution in [0.5, 0.6) is 0 Å². The van der Waals surface area contributed by atoms with E-state index >= 15 is 0 Å². The van der Waals surface area contributed by atoms with Gasteiger partial charge in [0.15, 0.2) is 5.69 Å². The standard InChI is InChI=1S/C17H20N6O2S/c1-2-14-18-15(12-6-9-26-16(12)19-14)22-7-3-4-11(5-8-22)23-10-13(17(24)25)20-21-23/h6,9-11H,2-5,7-8H2,1H3,(H,24,25). The number of thiophene rings is 1. The van der Waals surface area contributed by atoms with Crippen molar-refractivity contribution in [2.45, 2.75) is 38.6 Å². The van der Waals surface area contributed by atoms with Gasteiger partial charge in [0.25, 0.3) is 0 Å². The van der Waals surface area contributed by atoms with Crippen LogP contribution in [0.1, 0.15) is 48.5 Å². The first-order valence-corrected chi connectivity index (χ1v) is 9.68. The van der Waals surface area contributed by atoms with E-state index in [0.29, 0.717) is 0 Å². The molecule has 9 heteroatoms. The Hall–Kier alpha value is -2.55.